The number of carbonyl (C=O) groups is 1. The predicted molar refractivity (Wildman–Crippen MR) is 81.3 cm³/mol. The number of hydrazine groups is 1. The van der Waals surface area contributed by atoms with Crippen LogP contribution in [0.4, 0.5) is 11.4 Å². The Bertz CT molecular complexity index is 547. The van der Waals surface area contributed by atoms with E-state index >= 15 is 0 Å². The van der Waals surface area contributed by atoms with Crippen molar-refractivity contribution < 1.29 is 14.6 Å². The van der Waals surface area contributed by atoms with Gasteiger partial charge in [-0.25, -0.2) is 5.43 Å². The second-order valence-electron chi connectivity index (χ2n) is 4.79. The molecule has 21 heavy (non-hydrogen) atoms. The zero-order chi connectivity index (χ0) is 15.4. The molecule has 1 unspecified atom stereocenters. The maximum Gasteiger partial charge on any atom is 0.248 e. The van der Waals surface area contributed by atoms with Gasteiger partial charge in [-0.05, 0) is 31.7 Å². The lowest BCUT2D eigenvalue weighted by atomic mass is 10.1. The quantitative estimate of drug-likeness (QED) is 0.705. The molecule has 4 N–H and O–H groups in total. The van der Waals surface area contributed by atoms with E-state index in [-0.39, 0.29) is 12.6 Å². The number of ether oxygens (including phenoxy) is 1. The van der Waals surface area contributed by atoms with E-state index in [2.05, 4.69) is 17.1 Å². The van der Waals surface area contributed by atoms with Gasteiger partial charge in [-0.15, -0.1) is 0 Å². The Kier molecular flexibility index (Phi) is 4.77. The summed E-state index contributed by atoms with van der Waals surface area (Å²) in [7, 11) is 1.75. The van der Waals surface area contributed by atoms with Crippen LogP contribution < -0.4 is 20.9 Å². The van der Waals surface area contributed by atoms with Crippen molar-refractivity contribution in [2.24, 2.45) is 10.7 Å². The molecule has 1 aromatic carbocycles. The van der Waals surface area contributed by atoms with Gasteiger partial charge in [0.25, 0.3) is 0 Å². The van der Waals surface area contributed by atoms with Crippen molar-refractivity contribution in [3.8, 4) is 5.75 Å². The fourth-order valence-electron chi connectivity index (χ4n) is 2.49. The molecule has 1 atom stereocenters. The van der Waals surface area contributed by atoms with E-state index in [1.807, 2.05) is 0 Å². The fraction of sp³-hybridized carbons (Fsp3) is 0.429. The zero-order valence-corrected chi connectivity index (χ0v) is 12.0. The number of nitrogens with two attached hydrogens (primary N) is 1. The van der Waals surface area contributed by atoms with Crippen LogP contribution >= 0.6 is 0 Å². The Morgan fingerprint density at radius 2 is 2.43 bits per heavy atom. The van der Waals surface area contributed by atoms with Crippen molar-refractivity contribution in [2.75, 3.05) is 25.3 Å². The third-order valence-corrected chi connectivity index (χ3v) is 3.51. The minimum atomic E-state index is -0.553. The average molecular weight is 292 g/mol. The Labute approximate surface area is 123 Å². The third-order valence-electron chi connectivity index (χ3n) is 3.51. The second kappa shape index (κ2) is 6.55. The number of aliphatic hydroxyl groups is 1. The van der Waals surface area contributed by atoms with Crippen LogP contribution in [-0.2, 0) is 0 Å². The number of rotatable bonds is 4. The lowest BCUT2D eigenvalue weighted by molar-refractivity contribution is 0.0999. The normalized spacial score (nSPS) is 18.2. The largest absolute Gasteiger partial charge is 0.491 e. The van der Waals surface area contributed by atoms with Crippen molar-refractivity contribution in [1.29, 1.82) is 0 Å². The van der Waals surface area contributed by atoms with E-state index in [1.54, 1.807) is 24.2 Å². The summed E-state index contributed by atoms with van der Waals surface area (Å²) >= 11 is 0. The van der Waals surface area contributed by atoms with Crippen molar-refractivity contribution >= 4 is 24.0 Å². The molecule has 1 aromatic rings. The van der Waals surface area contributed by atoms with Crippen LogP contribution in [-0.4, -0.2) is 44.0 Å². The first kappa shape index (κ1) is 15.3. The number of aliphatic hydroxyl groups excluding tert-OH is 1. The maximum absolute atomic E-state index is 11.4. The zero-order valence-electron chi connectivity index (χ0n) is 12.0. The van der Waals surface area contributed by atoms with Crippen molar-refractivity contribution in [3.05, 3.63) is 17.7 Å². The number of carbonyl (C=O) groups excluding carboxylic acids is 1. The highest BCUT2D eigenvalue weighted by Crippen LogP contribution is 2.41. The molecule has 0 bridgehead atoms. The topological polar surface area (TPSA) is 100 Å². The monoisotopic (exact) mass is 292 g/mol. The molecular formula is C14H20N4O3. The fourth-order valence-corrected chi connectivity index (χ4v) is 2.49. The van der Waals surface area contributed by atoms with Gasteiger partial charge in [0.05, 0.1) is 24.9 Å². The van der Waals surface area contributed by atoms with Crippen molar-refractivity contribution in [3.63, 3.8) is 0 Å². The molecule has 1 aliphatic rings. The molecule has 1 amide bonds. The molecule has 0 fully saturated rings. The first-order valence-electron chi connectivity index (χ1n) is 6.77. The Balaban J connectivity index is 2.62. The molecule has 0 spiro atoms. The highest BCUT2D eigenvalue weighted by atomic mass is 16.5. The average Bonchev–Trinajstić information content (AvgIpc) is 2.47. The lowest BCUT2D eigenvalue weighted by Gasteiger charge is -2.35. The molecule has 2 rings (SSSR count). The first-order valence-corrected chi connectivity index (χ1v) is 6.77. The van der Waals surface area contributed by atoms with E-state index in [0.29, 0.717) is 29.3 Å². The second-order valence-corrected chi connectivity index (χ2v) is 4.79. The van der Waals surface area contributed by atoms with Gasteiger partial charge in [-0.3, -0.25) is 14.8 Å². The Morgan fingerprint density at radius 1 is 1.67 bits per heavy atom. The standard InChI is InChI=1S/C14H20N4O3/c1-16-11-6-9(14(15)20)7-12-13(11)18(17-2)10(8-19)4-3-5-21-12/h6-7,10,17,19H,1,3-5,8H2,2H3,(H2,15,20). The molecule has 1 heterocycles. The molecule has 7 nitrogen and oxygen atoms in total. The van der Waals surface area contributed by atoms with Crippen molar-refractivity contribution in [2.45, 2.75) is 18.9 Å². The number of aliphatic imine (C=N–C) groups is 1. The van der Waals surface area contributed by atoms with Crippen LogP contribution in [0.1, 0.15) is 23.2 Å². The van der Waals surface area contributed by atoms with Gasteiger partial charge in [0.15, 0.2) is 0 Å². The number of fused-ring (bicyclic) bond motifs is 1. The molecule has 1 aliphatic heterocycles. The van der Waals surface area contributed by atoms with Crippen LogP contribution in [0.5, 0.6) is 5.75 Å². The van der Waals surface area contributed by atoms with Gasteiger partial charge in [0.2, 0.25) is 5.91 Å². The summed E-state index contributed by atoms with van der Waals surface area (Å²) in [5.41, 5.74) is 9.82. The van der Waals surface area contributed by atoms with E-state index in [0.717, 1.165) is 12.8 Å². The number of anilines is 1. The smallest absolute Gasteiger partial charge is 0.248 e. The number of hydrogen-bond acceptors (Lipinski definition) is 6. The summed E-state index contributed by atoms with van der Waals surface area (Å²) in [6, 6.07) is 3.05. The van der Waals surface area contributed by atoms with Crippen LogP contribution in [0.3, 0.4) is 0 Å². The highest BCUT2D eigenvalue weighted by Gasteiger charge is 2.26. The minimum Gasteiger partial charge on any atom is -0.491 e. The van der Waals surface area contributed by atoms with Crippen molar-refractivity contribution in [1.82, 2.24) is 5.43 Å². The number of primary amides is 1. The predicted octanol–water partition coefficient (Wildman–Crippen LogP) is 0.592. The number of nitrogens with one attached hydrogen (secondary N) is 1. The summed E-state index contributed by atoms with van der Waals surface area (Å²) in [5.74, 6) is -0.0516. The van der Waals surface area contributed by atoms with Gasteiger partial charge in [0.1, 0.15) is 11.4 Å². The number of hydrogen-bond donors (Lipinski definition) is 3. The molecule has 0 saturated carbocycles. The molecule has 114 valence electrons. The molecule has 0 saturated heterocycles. The molecular weight excluding hydrogens is 272 g/mol. The Hall–Kier alpha value is -2.12. The van der Waals surface area contributed by atoms with Crippen LogP contribution in [0, 0.1) is 0 Å². The number of nitrogens with zero attached hydrogens (tertiary/aromatic N) is 2. The number of amides is 1. The molecule has 0 radical (unpaired) electrons. The summed E-state index contributed by atoms with van der Waals surface area (Å²) < 4.78 is 5.73. The first-order chi connectivity index (χ1) is 10.1. The van der Waals surface area contributed by atoms with Gasteiger partial charge < -0.3 is 15.6 Å². The minimum absolute atomic E-state index is 0.00552. The molecule has 7 heteroatoms. The van der Waals surface area contributed by atoms with E-state index in [9.17, 15) is 9.90 Å². The van der Waals surface area contributed by atoms with Gasteiger partial charge >= 0.3 is 0 Å². The molecule has 0 aromatic heterocycles. The van der Waals surface area contributed by atoms with Gasteiger partial charge in [-0.1, -0.05) is 0 Å². The summed E-state index contributed by atoms with van der Waals surface area (Å²) in [6.07, 6.45) is 1.56. The summed E-state index contributed by atoms with van der Waals surface area (Å²) in [5, 5.41) is 11.4. The van der Waals surface area contributed by atoms with E-state index in [4.69, 9.17) is 10.5 Å². The number of benzene rings is 1. The van der Waals surface area contributed by atoms with Gasteiger partial charge in [0, 0.05) is 12.6 Å². The van der Waals surface area contributed by atoms with E-state index < -0.39 is 5.91 Å². The van der Waals surface area contributed by atoms with E-state index in [1.165, 1.54) is 0 Å². The van der Waals surface area contributed by atoms with Gasteiger partial charge in [-0.2, -0.15) is 0 Å². The van der Waals surface area contributed by atoms with Crippen LogP contribution in [0.2, 0.25) is 0 Å². The maximum atomic E-state index is 11.4. The Morgan fingerprint density at radius 3 is 3.00 bits per heavy atom. The SMILES string of the molecule is C=Nc1cc(C(N)=O)cc2c1N(NC)C(CO)CCCO2. The lowest BCUT2D eigenvalue weighted by Crippen LogP contribution is -2.47. The van der Waals surface area contributed by atoms with Crippen LogP contribution in [0.15, 0.2) is 17.1 Å². The highest BCUT2D eigenvalue weighted by molar-refractivity contribution is 5.96. The van der Waals surface area contributed by atoms with Crippen LogP contribution in [0.25, 0.3) is 0 Å². The third kappa shape index (κ3) is 2.98. The summed E-state index contributed by atoms with van der Waals surface area (Å²) in [4.78, 5) is 15.4. The summed E-state index contributed by atoms with van der Waals surface area (Å²) in [6.45, 7) is 4.03. The molecule has 0 aliphatic carbocycles.